The van der Waals surface area contributed by atoms with E-state index < -0.39 is 0 Å². The first kappa shape index (κ1) is 12.5. The van der Waals surface area contributed by atoms with Crippen LogP contribution in [0.3, 0.4) is 0 Å². The first-order valence-corrected chi connectivity index (χ1v) is 5.97. The minimum atomic E-state index is 0. The molecule has 0 saturated heterocycles. The normalized spacial score (nSPS) is 25.1. The van der Waals surface area contributed by atoms with Gasteiger partial charge in [0.05, 0.1) is 0 Å². The molecule has 1 fully saturated rings. The van der Waals surface area contributed by atoms with Crippen LogP contribution in [0.1, 0.15) is 18.9 Å². The van der Waals surface area contributed by atoms with Crippen molar-refractivity contribution >= 4 is 18.5 Å². The Balaban J connectivity index is 0.00000108. The zero-order chi connectivity index (χ0) is 11.0. The monoisotopic (exact) mass is 251 g/mol. The van der Waals surface area contributed by atoms with Crippen molar-refractivity contribution in [2.45, 2.75) is 19.4 Å². The van der Waals surface area contributed by atoms with Gasteiger partial charge in [0.25, 0.3) is 0 Å². The molecule has 1 aliphatic carbocycles. The Bertz CT molecular complexity index is 430. The SMILES string of the molecule is CC1CC1NCC1=Cc2ccccc2OC1.Cl. The molecule has 0 aromatic heterocycles. The van der Waals surface area contributed by atoms with Gasteiger partial charge >= 0.3 is 0 Å². The molecule has 17 heavy (non-hydrogen) atoms. The maximum absolute atomic E-state index is 5.71. The molecule has 0 spiro atoms. The van der Waals surface area contributed by atoms with Gasteiger partial charge in [0.1, 0.15) is 12.4 Å². The highest BCUT2D eigenvalue weighted by Crippen LogP contribution is 2.30. The predicted octanol–water partition coefficient (Wildman–Crippen LogP) is 2.88. The molecule has 1 N–H and O–H groups in total. The fourth-order valence-electron chi connectivity index (χ4n) is 2.13. The van der Waals surface area contributed by atoms with Crippen LogP contribution >= 0.6 is 12.4 Å². The molecule has 1 heterocycles. The number of halogens is 1. The van der Waals surface area contributed by atoms with E-state index in [2.05, 4.69) is 30.4 Å². The maximum Gasteiger partial charge on any atom is 0.127 e. The lowest BCUT2D eigenvalue weighted by molar-refractivity contribution is 0.342. The van der Waals surface area contributed by atoms with Crippen LogP contribution in [0.2, 0.25) is 0 Å². The number of hydrogen-bond acceptors (Lipinski definition) is 2. The molecule has 0 bridgehead atoms. The van der Waals surface area contributed by atoms with Crippen molar-refractivity contribution in [1.82, 2.24) is 5.32 Å². The second-order valence-electron chi connectivity index (χ2n) is 4.83. The standard InChI is InChI=1S/C14H17NO.ClH/c1-10-6-13(10)15-8-11-7-12-4-2-3-5-14(12)16-9-11;/h2-5,7,10,13,15H,6,8-9H2,1H3;1H. The molecule has 1 aromatic carbocycles. The highest BCUT2D eigenvalue weighted by atomic mass is 35.5. The van der Waals surface area contributed by atoms with Crippen LogP contribution in [0.25, 0.3) is 6.08 Å². The summed E-state index contributed by atoms with van der Waals surface area (Å²) in [5, 5.41) is 3.56. The highest BCUT2D eigenvalue weighted by molar-refractivity contribution is 5.85. The Kier molecular flexibility index (Phi) is 3.75. The van der Waals surface area contributed by atoms with Gasteiger partial charge in [-0.2, -0.15) is 0 Å². The molecule has 3 rings (SSSR count). The number of nitrogens with one attached hydrogen (secondary N) is 1. The van der Waals surface area contributed by atoms with Gasteiger partial charge in [0, 0.05) is 18.2 Å². The van der Waals surface area contributed by atoms with E-state index in [0.717, 1.165) is 30.9 Å². The van der Waals surface area contributed by atoms with Crippen molar-refractivity contribution in [3.05, 3.63) is 35.4 Å². The van der Waals surface area contributed by atoms with Crippen LogP contribution < -0.4 is 10.1 Å². The molecule has 0 amide bonds. The quantitative estimate of drug-likeness (QED) is 0.892. The topological polar surface area (TPSA) is 21.3 Å². The van der Waals surface area contributed by atoms with Crippen LogP contribution in [0.15, 0.2) is 29.8 Å². The summed E-state index contributed by atoms with van der Waals surface area (Å²) in [4.78, 5) is 0. The first-order chi connectivity index (χ1) is 7.83. The van der Waals surface area contributed by atoms with E-state index >= 15 is 0 Å². The zero-order valence-electron chi connectivity index (χ0n) is 9.98. The van der Waals surface area contributed by atoms with Crippen LogP contribution in [0.5, 0.6) is 5.75 Å². The third-order valence-electron chi connectivity index (χ3n) is 3.39. The van der Waals surface area contributed by atoms with Gasteiger partial charge in [-0.3, -0.25) is 0 Å². The van der Waals surface area contributed by atoms with Crippen molar-refractivity contribution in [1.29, 1.82) is 0 Å². The Morgan fingerprint density at radius 3 is 2.88 bits per heavy atom. The van der Waals surface area contributed by atoms with Crippen LogP contribution in [0, 0.1) is 5.92 Å². The van der Waals surface area contributed by atoms with Crippen molar-refractivity contribution in [3.63, 3.8) is 0 Å². The molecule has 3 heteroatoms. The van der Waals surface area contributed by atoms with Gasteiger partial charge < -0.3 is 10.1 Å². The molecule has 2 unspecified atom stereocenters. The number of ether oxygens (including phenoxy) is 1. The average Bonchev–Trinajstić information content (AvgIpc) is 3.03. The summed E-state index contributed by atoms with van der Waals surface area (Å²) in [6.45, 7) is 3.98. The largest absolute Gasteiger partial charge is 0.489 e. The summed E-state index contributed by atoms with van der Waals surface area (Å²) in [7, 11) is 0. The second kappa shape index (κ2) is 5.11. The van der Waals surface area contributed by atoms with E-state index in [1.165, 1.54) is 17.6 Å². The van der Waals surface area contributed by atoms with Gasteiger partial charge in [0.15, 0.2) is 0 Å². The Morgan fingerprint density at radius 2 is 2.12 bits per heavy atom. The van der Waals surface area contributed by atoms with Crippen molar-refractivity contribution in [3.8, 4) is 5.75 Å². The van der Waals surface area contributed by atoms with Crippen LogP contribution in [0.4, 0.5) is 0 Å². The summed E-state index contributed by atoms with van der Waals surface area (Å²) in [6, 6.07) is 8.94. The minimum Gasteiger partial charge on any atom is -0.489 e. The number of benzene rings is 1. The van der Waals surface area contributed by atoms with Crippen LogP contribution in [-0.2, 0) is 0 Å². The number of para-hydroxylation sites is 1. The molecule has 2 nitrogen and oxygen atoms in total. The van der Waals surface area contributed by atoms with Gasteiger partial charge in [0.2, 0.25) is 0 Å². The van der Waals surface area contributed by atoms with Crippen molar-refractivity contribution in [2.75, 3.05) is 13.2 Å². The first-order valence-electron chi connectivity index (χ1n) is 5.97. The third kappa shape index (κ3) is 2.82. The molecular weight excluding hydrogens is 234 g/mol. The number of fused-ring (bicyclic) bond motifs is 1. The Morgan fingerprint density at radius 1 is 1.35 bits per heavy atom. The molecule has 2 atom stereocenters. The molecule has 0 radical (unpaired) electrons. The zero-order valence-corrected chi connectivity index (χ0v) is 10.8. The Labute approximate surface area is 108 Å². The lowest BCUT2D eigenvalue weighted by Crippen LogP contribution is -2.24. The van der Waals surface area contributed by atoms with Gasteiger partial charge in [-0.25, -0.2) is 0 Å². The summed E-state index contributed by atoms with van der Waals surface area (Å²) in [6.07, 6.45) is 3.57. The summed E-state index contributed by atoms with van der Waals surface area (Å²) < 4.78 is 5.71. The molecular formula is C14H18ClNO. The van der Waals surface area contributed by atoms with E-state index in [1.54, 1.807) is 0 Å². The third-order valence-corrected chi connectivity index (χ3v) is 3.39. The maximum atomic E-state index is 5.71. The highest BCUT2D eigenvalue weighted by Gasteiger charge is 2.31. The molecule has 92 valence electrons. The minimum absolute atomic E-state index is 0. The molecule has 1 saturated carbocycles. The average molecular weight is 252 g/mol. The van der Waals surface area contributed by atoms with Crippen LogP contribution in [-0.4, -0.2) is 19.2 Å². The fraction of sp³-hybridized carbons (Fsp3) is 0.429. The van der Waals surface area contributed by atoms with E-state index in [1.807, 2.05) is 12.1 Å². The molecule has 2 aliphatic rings. The van der Waals surface area contributed by atoms with Gasteiger partial charge in [-0.1, -0.05) is 25.1 Å². The number of hydrogen-bond donors (Lipinski definition) is 1. The van der Waals surface area contributed by atoms with Gasteiger partial charge in [-0.05, 0) is 30.1 Å². The Hall–Kier alpha value is -0.990. The van der Waals surface area contributed by atoms with Gasteiger partial charge in [-0.15, -0.1) is 12.4 Å². The van der Waals surface area contributed by atoms with Crippen molar-refractivity contribution in [2.24, 2.45) is 5.92 Å². The molecule has 1 aromatic rings. The van der Waals surface area contributed by atoms with E-state index in [-0.39, 0.29) is 12.4 Å². The summed E-state index contributed by atoms with van der Waals surface area (Å²) in [5.41, 5.74) is 2.55. The number of rotatable bonds is 3. The fourth-order valence-corrected chi connectivity index (χ4v) is 2.13. The van der Waals surface area contributed by atoms with E-state index in [9.17, 15) is 0 Å². The van der Waals surface area contributed by atoms with E-state index in [4.69, 9.17) is 4.74 Å². The lowest BCUT2D eigenvalue weighted by Gasteiger charge is -2.18. The lowest BCUT2D eigenvalue weighted by atomic mass is 10.1. The van der Waals surface area contributed by atoms with Crippen molar-refractivity contribution < 1.29 is 4.74 Å². The van der Waals surface area contributed by atoms with E-state index in [0.29, 0.717) is 0 Å². The predicted molar refractivity (Wildman–Crippen MR) is 72.7 cm³/mol. The second-order valence-corrected chi connectivity index (χ2v) is 4.83. The smallest absolute Gasteiger partial charge is 0.127 e. The molecule has 1 aliphatic heterocycles. The summed E-state index contributed by atoms with van der Waals surface area (Å²) in [5.74, 6) is 1.86. The summed E-state index contributed by atoms with van der Waals surface area (Å²) >= 11 is 0.